The molecule has 0 unspecified atom stereocenters. The molecule has 28 heavy (non-hydrogen) atoms. The van der Waals surface area contributed by atoms with Crippen LogP contribution in [0.5, 0.6) is 0 Å². The van der Waals surface area contributed by atoms with Crippen LogP contribution in [-0.4, -0.2) is 26.4 Å². The standard InChI is InChI=1S/C22H23Cl2N3O/c1-15(2)27(22(28)18-7-4-16(3)5-8-18)14-21-25-10-11-26(21)13-17-6-9-19(23)20(24)12-17/h4-12,15H,13-14H2,1-3H3. The van der Waals surface area contributed by atoms with E-state index in [1.54, 1.807) is 12.3 Å². The molecule has 4 nitrogen and oxygen atoms in total. The summed E-state index contributed by atoms with van der Waals surface area (Å²) >= 11 is 12.1. The number of aromatic nitrogens is 2. The predicted octanol–water partition coefficient (Wildman–Crippen LogP) is 5.60. The second-order valence-electron chi connectivity index (χ2n) is 7.11. The average Bonchev–Trinajstić information content (AvgIpc) is 3.09. The molecule has 0 spiro atoms. The molecule has 1 heterocycles. The van der Waals surface area contributed by atoms with Gasteiger partial charge >= 0.3 is 0 Å². The summed E-state index contributed by atoms with van der Waals surface area (Å²) in [5.74, 6) is 0.819. The molecule has 0 fully saturated rings. The number of nitrogens with zero attached hydrogens (tertiary/aromatic N) is 3. The highest BCUT2D eigenvalue weighted by molar-refractivity contribution is 6.42. The maximum Gasteiger partial charge on any atom is 0.254 e. The normalized spacial score (nSPS) is 11.1. The lowest BCUT2D eigenvalue weighted by molar-refractivity contribution is 0.0683. The van der Waals surface area contributed by atoms with Crippen LogP contribution < -0.4 is 0 Å². The molecule has 0 aliphatic carbocycles. The predicted molar refractivity (Wildman–Crippen MR) is 114 cm³/mol. The third kappa shape index (κ3) is 4.75. The second-order valence-corrected chi connectivity index (χ2v) is 7.93. The molecule has 0 aliphatic heterocycles. The Morgan fingerprint density at radius 3 is 2.46 bits per heavy atom. The van der Waals surface area contributed by atoms with E-state index in [2.05, 4.69) is 4.98 Å². The van der Waals surface area contributed by atoms with E-state index in [1.807, 2.05) is 72.8 Å². The fraction of sp³-hybridized carbons (Fsp3) is 0.273. The van der Waals surface area contributed by atoms with Crippen molar-refractivity contribution in [3.05, 3.63) is 87.4 Å². The number of carbonyl (C=O) groups excluding carboxylic acids is 1. The van der Waals surface area contributed by atoms with Gasteiger partial charge in [-0.3, -0.25) is 4.79 Å². The van der Waals surface area contributed by atoms with Gasteiger partial charge < -0.3 is 9.47 Å². The fourth-order valence-electron chi connectivity index (χ4n) is 2.97. The molecule has 1 aromatic heterocycles. The first-order chi connectivity index (χ1) is 13.3. The summed E-state index contributed by atoms with van der Waals surface area (Å²) in [6, 6.07) is 13.3. The smallest absolute Gasteiger partial charge is 0.254 e. The van der Waals surface area contributed by atoms with Gasteiger partial charge in [0.2, 0.25) is 0 Å². The number of carbonyl (C=O) groups is 1. The molecule has 6 heteroatoms. The molecule has 0 N–H and O–H groups in total. The zero-order chi connectivity index (χ0) is 20.3. The SMILES string of the molecule is Cc1ccc(C(=O)N(Cc2nccn2Cc2ccc(Cl)c(Cl)c2)C(C)C)cc1. The largest absolute Gasteiger partial charge is 0.329 e. The lowest BCUT2D eigenvalue weighted by Crippen LogP contribution is -2.37. The van der Waals surface area contributed by atoms with Crippen molar-refractivity contribution >= 4 is 29.1 Å². The van der Waals surface area contributed by atoms with E-state index < -0.39 is 0 Å². The van der Waals surface area contributed by atoms with Gasteiger partial charge in [-0.1, -0.05) is 47.0 Å². The molecule has 0 bridgehead atoms. The van der Waals surface area contributed by atoms with Crippen LogP contribution in [0.4, 0.5) is 0 Å². The maximum absolute atomic E-state index is 13.0. The molecule has 0 aliphatic rings. The van der Waals surface area contributed by atoms with E-state index in [-0.39, 0.29) is 11.9 Å². The first-order valence-corrected chi connectivity index (χ1v) is 9.92. The number of hydrogen-bond acceptors (Lipinski definition) is 2. The maximum atomic E-state index is 13.0. The highest BCUT2D eigenvalue weighted by Gasteiger charge is 2.21. The third-order valence-electron chi connectivity index (χ3n) is 4.63. The van der Waals surface area contributed by atoms with Gasteiger partial charge in [-0.25, -0.2) is 4.98 Å². The molecule has 3 aromatic rings. The number of benzene rings is 2. The quantitative estimate of drug-likeness (QED) is 0.525. The molecule has 146 valence electrons. The molecule has 2 aromatic carbocycles. The Morgan fingerprint density at radius 1 is 1.11 bits per heavy atom. The highest BCUT2D eigenvalue weighted by Crippen LogP contribution is 2.23. The first-order valence-electron chi connectivity index (χ1n) is 9.16. The Hall–Kier alpha value is -2.30. The first kappa shape index (κ1) is 20.4. The third-order valence-corrected chi connectivity index (χ3v) is 5.37. The summed E-state index contributed by atoms with van der Waals surface area (Å²) in [5.41, 5.74) is 2.83. The molecular formula is C22H23Cl2N3O. The Kier molecular flexibility index (Phi) is 6.42. The van der Waals surface area contributed by atoms with Gasteiger partial charge in [0.1, 0.15) is 5.82 Å². The summed E-state index contributed by atoms with van der Waals surface area (Å²) in [5, 5.41) is 1.06. The van der Waals surface area contributed by atoms with Crippen molar-refractivity contribution < 1.29 is 4.79 Å². The van der Waals surface area contributed by atoms with Gasteiger partial charge in [0.15, 0.2) is 0 Å². The second kappa shape index (κ2) is 8.80. The van der Waals surface area contributed by atoms with Crippen LogP contribution >= 0.6 is 23.2 Å². The Labute approximate surface area is 175 Å². The van der Waals surface area contributed by atoms with Crippen LogP contribution in [0.2, 0.25) is 10.0 Å². The van der Waals surface area contributed by atoms with Crippen LogP contribution in [-0.2, 0) is 13.1 Å². The minimum absolute atomic E-state index is 0.000845. The summed E-state index contributed by atoms with van der Waals surface area (Å²) in [6.45, 7) is 7.07. The number of rotatable bonds is 6. The van der Waals surface area contributed by atoms with Crippen LogP contribution in [0.15, 0.2) is 54.9 Å². The molecular weight excluding hydrogens is 393 g/mol. The number of amides is 1. The van der Waals surface area contributed by atoms with Gasteiger partial charge in [0.25, 0.3) is 5.91 Å². The number of halogens is 2. The zero-order valence-electron chi connectivity index (χ0n) is 16.2. The zero-order valence-corrected chi connectivity index (χ0v) is 17.7. The van der Waals surface area contributed by atoms with Gasteiger partial charge in [0, 0.05) is 30.5 Å². The molecule has 0 atom stereocenters. The molecule has 0 saturated carbocycles. The fourth-order valence-corrected chi connectivity index (χ4v) is 3.29. The number of aryl methyl sites for hydroxylation is 1. The number of hydrogen-bond donors (Lipinski definition) is 0. The van der Waals surface area contributed by atoms with E-state index in [9.17, 15) is 4.79 Å². The van der Waals surface area contributed by atoms with Crippen LogP contribution in [0.3, 0.4) is 0 Å². The van der Waals surface area contributed by atoms with E-state index in [0.717, 1.165) is 17.0 Å². The van der Waals surface area contributed by atoms with Gasteiger partial charge in [0.05, 0.1) is 16.6 Å². The summed E-state index contributed by atoms with van der Waals surface area (Å²) in [6.07, 6.45) is 3.66. The van der Waals surface area contributed by atoms with E-state index >= 15 is 0 Å². The van der Waals surface area contributed by atoms with Crippen molar-refractivity contribution in [2.24, 2.45) is 0 Å². The molecule has 3 rings (SSSR count). The van der Waals surface area contributed by atoms with Crippen molar-refractivity contribution in [1.82, 2.24) is 14.5 Å². The summed E-state index contributed by atoms with van der Waals surface area (Å²) in [4.78, 5) is 19.3. The van der Waals surface area contributed by atoms with Gasteiger partial charge in [-0.05, 0) is 50.6 Å². The molecule has 0 radical (unpaired) electrons. The molecule has 1 amide bonds. The summed E-state index contributed by atoms with van der Waals surface area (Å²) < 4.78 is 2.03. The molecule has 0 saturated heterocycles. The highest BCUT2D eigenvalue weighted by atomic mass is 35.5. The van der Waals surface area contributed by atoms with Gasteiger partial charge in [-0.2, -0.15) is 0 Å². The lowest BCUT2D eigenvalue weighted by Gasteiger charge is -2.27. The monoisotopic (exact) mass is 415 g/mol. The lowest BCUT2D eigenvalue weighted by atomic mass is 10.1. The summed E-state index contributed by atoms with van der Waals surface area (Å²) in [7, 11) is 0. The van der Waals surface area contributed by atoms with E-state index in [0.29, 0.717) is 28.7 Å². The van der Waals surface area contributed by atoms with Crippen LogP contribution in [0.25, 0.3) is 0 Å². The number of imidazole rings is 1. The van der Waals surface area contributed by atoms with Crippen LogP contribution in [0.1, 0.15) is 41.2 Å². The van der Waals surface area contributed by atoms with E-state index in [1.165, 1.54) is 0 Å². The van der Waals surface area contributed by atoms with Crippen molar-refractivity contribution in [1.29, 1.82) is 0 Å². The van der Waals surface area contributed by atoms with Crippen molar-refractivity contribution in [2.75, 3.05) is 0 Å². The minimum atomic E-state index is -0.000845. The topological polar surface area (TPSA) is 38.1 Å². The average molecular weight is 416 g/mol. The van der Waals surface area contributed by atoms with Crippen LogP contribution in [0, 0.1) is 6.92 Å². The Bertz CT molecular complexity index is 964. The van der Waals surface area contributed by atoms with Crippen molar-refractivity contribution in [3.8, 4) is 0 Å². The van der Waals surface area contributed by atoms with Gasteiger partial charge in [-0.15, -0.1) is 0 Å². The van der Waals surface area contributed by atoms with E-state index in [4.69, 9.17) is 23.2 Å². The minimum Gasteiger partial charge on any atom is -0.329 e. The Balaban J connectivity index is 1.81. The Morgan fingerprint density at radius 2 is 1.82 bits per heavy atom. The van der Waals surface area contributed by atoms with Crippen molar-refractivity contribution in [3.63, 3.8) is 0 Å². The van der Waals surface area contributed by atoms with Crippen molar-refractivity contribution in [2.45, 2.75) is 39.9 Å².